The highest BCUT2D eigenvalue weighted by molar-refractivity contribution is 8.23. The average molecular weight is 246 g/mol. The summed E-state index contributed by atoms with van der Waals surface area (Å²) in [7, 11) is 0. The Morgan fingerprint density at radius 1 is 1.33 bits per heavy atom. The van der Waals surface area contributed by atoms with Crippen LogP contribution in [-0.2, 0) is 4.79 Å². The molecule has 0 aliphatic carbocycles. The van der Waals surface area contributed by atoms with Gasteiger partial charge >= 0.3 is 0 Å². The van der Waals surface area contributed by atoms with E-state index in [1.54, 1.807) is 6.92 Å². The molecule has 3 nitrogen and oxygen atoms in total. The number of hydrogen-bond acceptors (Lipinski definition) is 4. The van der Waals surface area contributed by atoms with Crippen molar-refractivity contribution >= 4 is 34.3 Å². The van der Waals surface area contributed by atoms with Gasteiger partial charge in [-0.1, -0.05) is 36.8 Å². The summed E-state index contributed by atoms with van der Waals surface area (Å²) in [4.78, 5) is 12.7. The molecule has 0 N–H and O–H groups in total. The Hall–Kier alpha value is -0.290. The van der Waals surface area contributed by atoms with Gasteiger partial charge in [-0.05, 0) is 19.8 Å². The molecule has 1 aliphatic rings. The van der Waals surface area contributed by atoms with Crippen molar-refractivity contribution in [2.75, 3.05) is 13.1 Å². The van der Waals surface area contributed by atoms with Gasteiger partial charge in [0, 0.05) is 18.3 Å². The van der Waals surface area contributed by atoms with Gasteiger partial charge in [-0.15, -0.1) is 0 Å². The first-order valence-electron chi connectivity index (χ1n) is 5.27. The number of thioether (sulfide) groups is 1. The SMILES string of the molecule is C[C@H](SC(=S)N1CCCCCC1)C(=O)[O-]. The first-order valence-corrected chi connectivity index (χ1v) is 6.56. The van der Waals surface area contributed by atoms with Crippen molar-refractivity contribution in [3.05, 3.63) is 0 Å². The van der Waals surface area contributed by atoms with E-state index >= 15 is 0 Å². The Balaban J connectivity index is 2.41. The number of aliphatic carboxylic acids is 1. The van der Waals surface area contributed by atoms with Crippen LogP contribution in [0.1, 0.15) is 32.6 Å². The molecule has 5 heteroatoms. The lowest BCUT2D eigenvalue weighted by atomic mass is 10.2. The predicted octanol–water partition coefficient (Wildman–Crippen LogP) is 1.02. The summed E-state index contributed by atoms with van der Waals surface area (Å²) >= 11 is 6.45. The van der Waals surface area contributed by atoms with Crippen molar-refractivity contribution in [1.82, 2.24) is 4.90 Å². The van der Waals surface area contributed by atoms with Crippen molar-refractivity contribution in [3.63, 3.8) is 0 Å². The van der Waals surface area contributed by atoms with E-state index in [0.717, 1.165) is 25.9 Å². The second kappa shape index (κ2) is 6.33. The summed E-state index contributed by atoms with van der Waals surface area (Å²) in [6.45, 7) is 3.54. The van der Waals surface area contributed by atoms with Crippen LogP contribution < -0.4 is 5.11 Å². The number of carboxylic acids is 1. The Morgan fingerprint density at radius 2 is 1.87 bits per heavy atom. The van der Waals surface area contributed by atoms with Gasteiger partial charge in [0.2, 0.25) is 0 Å². The molecule has 0 aromatic rings. The van der Waals surface area contributed by atoms with Crippen LogP contribution in [0.3, 0.4) is 0 Å². The maximum absolute atomic E-state index is 10.6. The van der Waals surface area contributed by atoms with E-state index in [0.29, 0.717) is 4.32 Å². The van der Waals surface area contributed by atoms with Crippen LogP contribution in [0, 0.1) is 0 Å². The van der Waals surface area contributed by atoms with Gasteiger partial charge in [0.15, 0.2) is 0 Å². The summed E-state index contributed by atoms with van der Waals surface area (Å²) in [5.74, 6) is -1.04. The van der Waals surface area contributed by atoms with E-state index in [4.69, 9.17) is 12.2 Å². The highest BCUT2D eigenvalue weighted by atomic mass is 32.2. The molecule has 1 heterocycles. The molecule has 0 radical (unpaired) electrons. The summed E-state index contributed by atoms with van der Waals surface area (Å²) in [6, 6.07) is 0. The van der Waals surface area contributed by atoms with Gasteiger partial charge < -0.3 is 14.8 Å². The van der Waals surface area contributed by atoms with E-state index in [-0.39, 0.29) is 0 Å². The van der Waals surface area contributed by atoms with Gasteiger partial charge in [0.1, 0.15) is 4.32 Å². The number of hydrogen-bond donors (Lipinski definition) is 0. The standard InChI is InChI=1S/C10H17NO2S2/c1-8(9(12)13)15-10(14)11-6-4-2-3-5-7-11/h8H,2-7H2,1H3,(H,12,13)/p-1/t8-/m0/s1. The second-order valence-corrected chi connectivity index (χ2v) is 5.72. The largest absolute Gasteiger partial charge is 0.549 e. The normalized spacial score (nSPS) is 19.4. The molecule has 0 unspecified atom stereocenters. The van der Waals surface area contributed by atoms with E-state index < -0.39 is 11.2 Å². The molecule has 0 aromatic carbocycles. The van der Waals surface area contributed by atoms with Crippen molar-refractivity contribution in [3.8, 4) is 0 Å². The van der Waals surface area contributed by atoms with Crippen LogP contribution in [0.4, 0.5) is 0 Å². The number of carbonyl (C=O) groups is 1. The molecule has 0 saturated carbocycles. The van der Waals surface area contributed by atoms with Crippen LogP contribution in [0.5, 0.6) is 0 Å². The Bertz CT molecular complexity index is 238. The number of nitrogens with zero attached hydrogens (tertiary/aromatic N) is 1. The van der Waals surface area contributed by atoms with Crippen molar-refractivity contribution < 1.29 is 9.90 Å². The fourth-order valence-corrected chi connectivity index (χ4v) is 2.87. The number of rotatable bonds is 2. The summed E-state index contributed by atoms with van der Waals surface area (Å²) in [6.07, 6.45) is 4.81. The number of likely N-dealkylation sites (tertiary alicyclic amines) is 1. The highest BCUT2D eigenvalue weighted by Crippen LogP contribution is 2.19. The first kappa shape index (κ1) is 12.8. The first-order chi connectivity index (χ1) is 7.11. The molecule has 1 fully saturated rings. The minimum absolute atomic E-state index is 0.555. The maximum Gasteiger partial charge on any atom is 0.137 e. The quantitative estimate of drug-likeness (QED) is 0.681. The van der Waals surface area contributed by atoms with Gasteiger partial charge in [-0.3, -0.25) is 0 Å². The molecule has 1 atom stereocenters. The molecule has 0 bridgehead atoms. The van der Waals surface area contributed by atoms with Crippen LogP contribution in [0.2, 0.25) is 0 Å². The number of thiocarbonyl (C=S) groups is 1. The predicted molar refractivity (Wildman–Crippen MR) is 64.7 cm³/mol. The molecule has 1 saturated heterocycles. The van der Waals surface area contributed by atoms with Crippen molar-refractivity contribution in [2.24, 2.45) is 0 Å². The fraction of sp³-hybridized carbons (Fsp3) is 0.800. The van der Waals surface area contributed by atoms with Gasteiger partial charge in [0.25, 0.3) is 0 Å². The van der Waals surface area contributed by atoms with Gasteiger partial charge in [-0.25, -0.2) is 0 Å². The summed E-state index contributed by atoms with van der Waals surface area (Å²) in [5.41, 5.74) is 0. The van der Waals surface area contributed by atoms with Crippen LogP contribution in [0.25, 0.3) is 0 Å². The van der Waals surface area contributed by atoms with Crippen LogP contribution >= 0.6 is 24.0 Å². The van der Waals surface area contributed by atoms with E-state index in [2.05, 4.69) is 4.90 Å². The summed E-state index contributed by atoms with van der Waals surface area (Å²) < 4.78 is 0.702. The maximum atomic E-state index is 10.6. The van der Waals surface area contributed by atoms with Gasteiger partial charge in [-0.2, -0.15) is 0 Å². The average Bonchev–Trinajstić information content (AvgIpc) is 2.45. The number of carbonyl (C=O) groups excluding carboxylic acids is 1. The molecule has 15 heavy (non-hydrogen) atoms. The third kappa shape index (κ3) is 4.38. The van der Waals surface area contributed by atoms with Crippen LogP contribution in [-0.4, -0.2) is 33.5 Å². The Kier molecular flexibility index (Phi) is 5.39. The molecule has 0 amide bonds. The summed E-state index contributed by atoms with van der Waals surface area (Å²) in [5, 5.41) is 10.0. The number of carboxylic acid groups (broad SMARTS) is 1. The minimum Gasteiger partial charge on any atom is -0.549 e. The van der Waals surface area contributed by atoms with Crippen molar-refractivity contribution in [2.45, 2.75) is 37.9 Å². The van der Waals surface area contributed by atoms with E-state index in [1.807, 2.05) is 0 Å². The third-order valence-electron chi connectivity index (χ3n) is 2.47. The molecule has 0 spiro atoms. The zero-order valence-electron chi connectivity index (χ0n) is 8.90. The zero-order chi connectivity index (χ0) is 11.3. The molecule has 1 rings (SSSR count). The molecule has 0 aromatic heterocycles. The Morgan fingerprint density at radius 3 is 2.33 bits per heavy atom. The van der Waals surface area contributed by atoms with E-state index in [9.17, 15) is 9.90 Å². The lowest BCUT2D eigenvalue weighted by Gasteiger charge is -2.24. The highest BCUT2D eigenvalue weighted by Gasteiger charge is 2.15. The Labute approximate surface area is 100 Å². The fourth-order valence-electron chi connectivity index (χ4n) is 1.53. The third-order valence-corrected chi connectivity index (χ3v) is 4.03. The second-order valence-electron chi connectivity index (χ2n) is 3.75. The molecular weight excluding hydrogens is 230 g/mol. The topological polar surface area (TPSA) is 43.4 Å². The van der Waals surface area contributed by atoms with Crippen molar-refractivity contribution in [1.29, 1.82) is 0 Å². The van der Waals surface area contributed by atoms with Gasteiger partial charge in [0.05, 0.1) is 5.97 Å². The van der Waals surface area contributed by atoms with Crippen LogP contribution in [0.15, 0.2) is 0 Å². The molecular formula is C10H16NO2S2-. The lowest BCUT2D eigenvalue weighted by Crippen LogP contribution is -2.35. The van der Waals surface area contributed by atoms with E-state index in [1.165, 1.54) is 24.6 Å². The zero-order valence-corrected chi connectivity index (χ0v) is 10.5. The lowest BCUT2D eigenvalue weighted by molar-refractivity contribution is -0.304. The molecule has 1 aliphatic heterocycles. The molecule has 86 valence electrons. The smallest absolute Gasteiger partial charge is 0.137 e. The monoisotopic (exact) mass is 246 g/mol. The minimum atomic E-state index is -1.04.